The zero-order chi connectivity index (χ0) is 14.8. The topological polar surface area (TPSA) is 85.1 Å². The number of nitrogens with one attached hydrogen (secondary N) is 1. The number of hydrogen-bond donors (Lipinski definition) is 1. The van der Waals surface area contributed by atoms with Gasteiger partial charge in [-0.05, 0) is 19.9 Å². The van der Waals surface area contributed by atoms with Gasteiger partial charge in [0.2, 0.25) is 5.82 Å². The third-order valence-corrected chi connectivity index (χ3v) is 3.61. The number of aromatic nitrogens is 5. The van der Waals surface area contributed by atoms with Crippen molar-refractivity contribution in [3.05, 3.63) is 39.9 Å². The van der Waals surface area contributed by atoms with Gasteiger partial charge in [-0.1, -0.05) is 0 Å². The number of thiazole rings is 1. The lowest BCUT2D eigenvalue weighted by Crippen LogP contribution is -2.26. The molecule has 0 aliphatic carbocycles. The monoisotopic (exact) mass is 302 g/mol. The number of carbonyl (C=O) groups is 1. The van der Waals surface area contributed by atoms with Crippen LogP contribution in [0.15, 0.2) is 17.0 Å². The first-order valence-corrected chi connectivity index (χ1v) is 7.44. The molecule has 108 valence electrons. The molecule has 3 aromatic heterocycles. The van der Waals surface area contributed by atoms with Crippen LogP contribution in [0.1, 0.15) is 27.7 Å². The van der Waals surface area contributed by atoms with Gasteiger partial charge in [-0.2, -0.15) is 4.98 Å². The van der Waals surface area contributed by atoms with Crippen LogP contribution in [0.5, 0.6) is 0 Å². The second-order valence-corrected chi connectivity index (χ2v) is 5.39. The van der Waals surface area contributed by atoms with Gasteiger partial charge in [0, 0.05) is 29.7 Å². The molecule has 3 aromatic rings. The van der Waals surface area contributed by atoms with Gasteiger partial charge in [-0.15, -0.1) is 16.4 Å². The molecule has 7 nitrogen and oxygen atoms in total. The van der Waals surface area contributed by atoms with Gasteiger partial charge in [0.1, 0.15) is 0 Å². The summed E-state index contributed by atoms with van der Waals surface area (Å²) in [5.74, 6) is 0.277. The van der Waals surface area contributed by atoms with Crippen LogP contribution in [-0.4, -0.2) is 37.0 Å². The SMILES string of the molecule is Cc1cc(C)n2nc(C(=O)NCCc3cscn3)nc2n1. The van der Waals surface area contributed by atoms with Gasteiger partial charge >= 0.3 is 0 Å². The Hall–Kier alpha value is -2.35. The lowest BCUT2D eigenvalue weighted by molar-refractivity contribution is 0.0944. The summed E-state index contributed by atoms with van der Waals surface area (Å²) in [7, 11) is 0. The molecule has 0 atom stereocenters. The minimum atomic E-state index is -0.298. The number of carbonyl (C=O) groups excluding carboxylic acids is 1. The Morgan fingerprint density at radius 1 is 1.38 bits per heavy atom. The van der Waals surface area contributed by atoms with Crippen LogP contribution in [-0.2, 0) is 6.42 Å². The van der Waals surface area contributed by atoms with Crippen molar-refractivity contribution < 1.29 is 4.79 Å². The van der Waals surface area contributed by atoms with Crippen molar-refractivity contribution >= 4 is 23.0 Å². The number of fused-ring (bicyclic) bond motifs is 1. The predicted octanol–water partition coefficient (Wildman–Crippen LogP) is 1.17. The van der Waals surface area contributed by atoms with Crippen molar-refractivity contribution in [3.63, 3.8) is 0 Å². The average molecular weight is 302 g/mol. The van der Waals surface area contributed by atoms with Crippen molar-refractivity contribution in [2.24, 2.45) is 0 Å². The Morgan fingerprint density at radius 3 is 3.00 bits per heavy atom. The first-order valence-electron chi connectivity index (χ1n) is 6.50. The molecule has 0 saturated heterocycles. The average Bonchev–Trinajstić information content (AvgIpc) is 3.07. The Labute approximate surface area is 125 Å². The molecule has 0 spiro atoms. The van der Waals surface area contributed by atoms with Crippen molar-refractivity contribution in [3.8, 4) is 0 Å². The summed E-state index contributed by atoms with van der Waals surface area (Å²) >= 11 is 1.54. The smallest absolute Gasteiger partial charge is 0.291 e. The fourth-order valence-electron chi connectivity index (χ4n) is 2.01. The van der Waals surface area contributed by atoms with Crippen LogP contribution in [0, 0.1) is 13.8 Å². The highest BCUT2D eigenvalue weighted by Gasteiger charge is 2.14. The molecule has 3 heterocycles. The summed E-state index contributed by atoms with van der Waals surface area (Å²) in [4.78, 5) is 24.6. The normalized spacial score (nSPS) is 11.0. The van der Waals surface area contributed by atoms with E-state index in [-0.39, 0.29) is 11.7 Å². The Kier molecular flexibility index (Phi) is 3.61. The van der Waals surface area contributed by atoms with E-state index < -0.39 is 0 Å². The summed E-state index contributed by atoms with van der Waals surface area (Å²) in [6.07, 6.45) is 0.693. The maximum atomic E-state index is 12.0. The summed E-state index contributed by atoms with van der Waals surface area (Å²) in [6, 6.07) is 1.89. The molecule has 0 bridgehead atoms. The van der Waals surface area contributed by atoms with Crippen LogP contribution in [0.25, 0.3) is 5.78 Å². The van der Waals surface area contributed by atoms with E-state index in [9.17, 15) is 4.79 Å². The predicted molar refractivity (Wildman–Crippen MR) is 78.4 cm³/mol. The van der Waals surface area contributed by atoms with E-state index in [2.05, 4.69) is 25.4 Å². The number of amides is 1. The molecular weight excluding hydrogens is 288 g/mol. The van der Waals surface area contributed by atoms with Crippen molar-refractivity contribution in [2.75, 3.05) is 6.54 Å². The summed E-state index contributed by atoms with van der Waals surface area (Å²) in [5, 5.41) is 8.94. The highest BCUT2D eigenvalue weighted by molar-refractivity contribution is 7.07. The maximum Gasteiger partial charge on any atom is 0.291 e. The maximum absolute atomic E-state index is 12.0. The van der Waals surface area contributed by atoms with Gasteiger partial charge in [-0.3, -0.25) is 4.79 Å². The number of rotatable bonds is 4. The van der Waals surface area contributed by atoms with Crippen molar-refractivity contribution in [1.82, 2.24) is 29.9 Å². The standard InChI is InChI=1S/C13H14N6OS/c1-8-5-9(2)19-13(16-8)17-11(18-19)12(20)14-4-3-10-6-21-7-15-10/h5-7H,3-4H2,1-2H3,(H,14,20). The minimum Gasteiger partial charge on any atom is -0.349 e. The van der Waals surface area contributed by atoms with Gasteiger partial charge in [0.05, 0.1) is 11.2 Å². The highest BCUT2D eigenvalue weighted by Crippen LogP contribution is 2.05. The van der Waals surface area contributed by atoms with Gasteiger partial charge < -0.3 is 5.32 Å². The molecule has 0 aliphatic heterocycles. The van der Waals surface area contributed by atoms with Crippen molar-refractivity contribution in [2.45, 2.75) is 20.3 Å². The van der Waals surface area contributed by atoms with Crippen molar-refractivity contribution in [1.29, 1.82) is 0 Å². The van der Waals surface area contributed by atoms with Crippen LogP contribution in [0.4, 0.5) is 0 Å². The van der Waals surface area contributed by atoms with Gasteiger partial charge in [-0.25, -0.2) is 14.5 Å². The third-order valence-electron chi connectivity index (χ3n) is 2.97. The fraction of sp³-hybridized carbons (Fsp3) is 0.308. The van der Waals surface area contributed by atoms with Crippen LogP contribution >= 0.6 is 11.3 Å². The molecule has 3 rings (SSSR count). The van der Waals surface area contributed by atoms with E-state index >= 15 is 0 Å². The largest absolute Gasteiger partial charge is 0.349 e. The Morgan fingerprint density at radius 2 is 2.24 bits per heavy atom. The molecule has 0 radical (unpaired) electrons. The summed E-state index contributed by atoms with van der Waals surface area (Å²) in [5.41, 5.74) is 4.49. The van der Waals surface area contributed by atoms with Crippen LogP contribution in [0.2, 0.25) is 0 Å². The van der Waals surface area contributed by atoms with E-state index in [0.29, 0.717) is 18.7 Å². The molecule has 0 aromatic carbocycles. The molecule has 21 heavy (non-hydrogen) atoms. The fourth-order valence-corrected chi connectivity index (χ4v) is 2.60. The highest BCUT2D eigenvalue weighted by atomic mass is 32.1. The zero-order valence-electron chi connectivity index (χ0n) is 11.7. The Bertz CT molecular complexity index is 779. The number of hydrogen-bond acceptors (Lipinski definition) is 6. The second kappa shape index (κ2) is 5.57. The molecule has 0 unspecified atom stereocenters. The van der Waals surface area contributed by atoms with Crippen LogP contribution < -0.4 is 5.32 Å². The molecular formula is C13H14N6OS. The quantitative estimate of drug-likeness (QED) is 0.782. The molecule has 8 heteroatoms. The summed E-state index contributed by atoms with van der Waals surface area (Å²) in [6.45, 7) is 4.29. The lowest BCUT2D eigenvalue weighted by atomic mass is 10.3. The van der Waals surface area contributed by atoms with E-state index in [0.717, 1.165) is 17.1 Å². The van der Waals surface area contributed by atoms with E-state index in [1.807, 2.05) is 25.3 Å². The number of aryl methyl sites for hydroxylation is 2. The molecule has 1 N–H and O–H groups in total. The lowest BCUT2D eigenvalue weighted by Gasteiger charge is -1.99. The minimum absolute atomic E-state index is 0.134. The van der Waals surface area contributed by atoms with E-state index in [1.165, 1.54) is 0 Å². The zero-order valence-corrected chi connectivity index (χ0v) is 12.5. The molecule has 0 fully saturated rings. The van der Waals surface area contributed by atoms with Gasteiger partial charge in [0.15, 0.2) is 0 Å². The molecule has 0 aliphatic rings. The van der Waals surface area contributed by atoms with E-state index in [1.54, 1.807) is 21.4 Å². The first-order chi connectivity index (χ1) is 10.1. The first kappa shape index (κ1) is 13.6. The third kappa shape index (κ3) is 2.89. The Balaban J connectivity index is 1.71. The van der Waals surface area contributed by atoms with Crippen LogP contribution in [0.3, 0.4) is 0 Å². The number of nitrogens with zero attached hydrogens (tertiary/aromatic N) is 5. The molecule has 0 saturated carbocycles. The van der Waals surface area contributed by atoms with E-state index in [4.69, 9.17) is 0 Å². The van der Waals surface area contributed by atoms with Gasteiger partial charge in [0.25, 0.3) is 11.7 Å². The second-order valence-electron chi connectivity index (χ2n) is 4.67. The molecule has 1 amide bonds. The summed E-state index contributed by atoms with van der Waals surface area (Å²) < 4.78 is 1.57.